The summed E-state index contributed by atoms with van der Waals surface area (Å²) in [5.41, 5.74) is 9.47. The van der Waals surface area contributed by atoms with Crippen molar-refractivity contribution in [3.05, 3.63) is 187 Å². The molecule has 0 amide bonds. The second-order valence-electron chi connectivity index (χ2n) is 16.7. The van der Waals surface area contributed by atoms with Crippen molar-refractivity contribution in [1.82, 2.24) is 15.0 Å². The molecule has 0 saturated heterocycles. The Morgan fingerprint density at radius 3 is 1.77 bits per heavy atom. The molecule has 280 valence electrons. The van der Waals surface area contributed by atoms with Gasteiger partial charge in [-0.05, 0) is 100 Å². The zero-order valence-corrected chi connectivity index (χ0v) is 33.0. The van der Waals surface area contributed by atoms with Crippen LogP contribution in [-0.4, -0.2) is 15.0 Å². The Balaban J connectivity index is 1.09. The van der Waals surface area contributed by atoms with Gasteiger partial charge < -0.3 is 4.42 Å². The molecule has 0 spiro atoms. The second kappa shape index (κ2) is 12.2. The van der Waals surface area contributed by atoms with E-state index in [1.54, 1.807) is 0 Å². The number of nitrogens with zero attached hydrogens (tertiary/aromatic N) is 3. The van der Waals surface area contributed by atoms with Crippen molar-refractivity contribution in [1.29, 1.82) is 0 Å². The van der Waals surface area contributed by atoms with E-state index < -0.39 is 0 Å². The molecule has 4 heteroatoms. The van der Waals surface area contributed by atoms with Gasteiger partial charge in [-0.15, -0.1) is 0 Å². The van der Waals surface area contributed by atoms with Crippen LogP contribution < -0.4 is 0 Å². The third-order valence-electron chi connectivity index (χ3n) is 13.1. The SMILES string of the molecule is CC1(C)c2ccccc2-c2cc3c(cc21)oc1cccc(-c2nc(-c4ccc5ccc6c7ccccc7c7ccccc7c6c5c4)nc(-c4cccc5ccccc45)n2)c13. The van der Waals surface area contributed by atoms with Crippen LogP contribution in [-0.2, 0) is 5.41 Å². The molecule has 2 heterocycles. The van der Waals surface area contributed by atoms with Crippen LogP contribution in [0, 0.1) is 0 Å². The number of fused-ring (bicyclic) bond motifs is 15. The smallest absolute Gasteiger partial charge is 0.164 e. The van der Waals surface area contributed by atoms with Crippen molar-refractivity contribution in [2.45, 2.75) is 19.3 Å². The maximum atomic E-state index is 6.70. The molecule has 60 heavy (non-hydrogen) atoms. The fraction of sp³-hybridized carbons (Fsp3) is 0.0536. The summed E-state index contributed by atoms with van der Waals surface area (Å²) < 4.78 is 6.70. The lowest BCUT2D eigenvalue weighted by atomic mass is 9.82. The summed E-state index contributed by atoms with van der Waals surface area (Å²) in [5.74, 6) is 1.85. The number of rotatable bonds is 3. The second-order valence-corrected chi connectivity index (χ2v) is 16.7. The summed E-state index contributed by atoms with van der Waals surface area (Å²) in [6.45, 7) is 4.61. The molecular formula is C56H35N3O. The first-order chi connectivity index (χ1) is 29.5. The van der Waals surface area contributed by atoms with Crippen LogP contribution in [0.25, 0.3) is 121 Å². The van der Waals surface area contributed by atoms with Crippen LogP contribution in [0.15, 0.2) is 180 Å². The quantitative estimate of drug-likeness (QED) is 0.168. The van der Waals surface area contributed by atoms with Gasteiger partial charge in [0.15, 0.2) is 17.5 Å². The maximum Gasteiger partial charge on any atom is 0.164 e. The van der Waals surface area contributed by atoms with Gasteiger partial charge in [0.25, 0.3) is 0 Å². The summed E-state index contributed by atoms with van der Waals surface area (Å²) >= 11 is 0. The number of aromatic nitrogens is 3. The van der Waals surface area contributed by atoms with Gasteiger partial charge >= 0.3 is 0 Å². The van der Waals surface area contributed by atoms with Crippen LogP contribution in [0.4, 0.5) is 0 Å². The molecule has 4 nitrogen and oxygen atoms in total. The lowest BCUT2D eigenvalue weighted by Crippen LogP contribution is -2.14. The lowest BCUT2D eigenvalue weighted by molar-refractivity contribution is 0.647. The zero-order chi connectivity index (χ0) is 39.7. The van der Waals surface area contributed by atoms with Crippen molar-refractivity contribution in [3.8, 4) is 45.3 Å². The number of benzene rings is 10. The summed E-state index contributed by atoms with van der Waals surface area (Å²) in [7, 11) is 0. The molecule has 0 bridgehead atoms. The highest BCUT2D eigenvalue weighted by atomic mass is 16.3. The fourth-order valence-corrected chi connectivity index (χ4v) is 10.2. The molecule has 10 aromatic carbocycles. The lowest BCUT2D eigenvalue weighted by Gasteiger charge is -2.21. The Morgan fingerprint density at radius 1 is 0.350 bits per heavy atom. The first kappa shape index (κ1) is 33.3. The third-order valence-corrected chi connectivity index (χ3v) is 13.1. The minimum atomic E-state index is -0.136. The van der Waals surface area contributed by atoms with Gasteiger partial charge in [0.1, 0.15) is 11.2 Å². The van der Waals surface area contributed by atoms with Crippen LogP contribution in [0.1, 0.15) is 25.0 Å². The maximum absolute atomic E-state index is 6.70. The monoisotopic (exact) mass is 765 g/mol. The van der Waals surface area contributed by atoms with E-state index in [0.717, 1.165) is 49.4 Å². The van der Waals surface area contributed by atoms with Crippen LogP contribution in [0.2, 0.25) is 0 Å². The van der Waals surface area contributed by atoms with E-state index >= 15 is 0 Å². The normalized spacial score (nSPS) is 13.3. The van der Waals surface area contributed by atoms with Crippen molar-refractivity contribution < 1.29 is 4.42 Å². The van der Waals surface area contributed by atoms with Crippen molar-refractivity contribution >= 4 is 75.8 Å². The summed E-state index contributed by atoms with van der Waals surface area (Å²) in [6.07, 6.45) is 0. The predicted molar refractivity (Wildman–Crippen MR) is 249 cm³/mol. The first-order valence-corrected chi connectivity index (χ1v) is 20.6. The summed E-state index contributed by atoms with van der Waals surface area (Å²) in [4.78, 5) is 16.0. The summed E-state index contributed by atoms with van der Waals surface area (Å²) in [5, 5.41) is 14.1. The highest BCUT2D eigenvalue weighted by molar-refractivity contribution is 6.31. The molecule has 0 fully saturated rings. The minimum absolute atomic E-state index is 0.136. The van der Waals surface area contributed by atoms with E-state index in [4.69, 9.17) is 19.4 Å². The molecule has 0 aliphatic heterocycles. The van der Waals surface area contributed by atoms with Crippen LogP contribution in [0.3, 0.4) is 0 Å². The zero-order valence-electron chi connectivity index (χ0n) is 33.0. The van der Waals surface area contributed by atoms with Gasteiger partial charge in [-0.2, -0.15) is 0 Å². The van der Waals surface area contributed by atoms with E-state index in [9.17, 15) is 0 Å². The van der Waals surface area contributed by atoms with Crippen molar-refractivity contribution in [3.63, 3.8) is 0 Å². The highest BCUT2D eigenvalue weighted by Gasteiger charge is 2.36. The van der Waals surface area contributed by atoms with Crippen LogP contribution in [0.5, 0.6) is 0 Å². The average molecular weight is 766 g/mol. The van der Waals surface area contributed by atoms with Gasteiger partial charge in [0, 0.05) is 32.9 Å². The molecule has 0 unspecified atom stereocenters. The molecule has 2 aromatic heterocycles. The largest absolute Gasteiger partial charge is 0.456 e. The van der Waals surface area contributed by atoms with Crippen molar-refractivity contribution in [2.24, 2.45) is 0 Å². The predicted octanol–water partition coefficient (Wildman–Crippen LogP) is 14.8. The molecular weight excluding hydrogens is 731 g/mol. The highest BCUT2D eigenvalue weighted by Crippen LogP contribution is 2.51. The van der Waals surface area contributed by atoms with Gasteiger partial charge in [-0.1, -0.05) is 166 Å². The topological polar surface area (TPSA) is 51.8 Å². The van der Waals surface area contributed by atoms with Gasteiger partial charge in [0.05, 0.1) is 0 Å². The molecule has 0 saturated carbocycles. The van der Waals surface area contributed by atoms with E-state index in [-0.39, 0.29) is 5.41 Å². The Morgan fingerprint density at radius 2 is 0.933 bits per heavy atom. The van der Waals surface area contributed by atoms with E-state index in [1.165, 1.54) is 65.3 Å². The van der Waals surface area contributed by atoms with Gasteiger partial charge in [-0.3, -0.25) is 0 Å². The van der Waals surface area contributed by atoms with E-state index in [2.05, 4.69) is 184 Å². The molecule has 0 N–H and O–H groups in total. The molecule has 0 radical (unpaired) electrons. The third kappa shape index (κ3) is 4.64. The number of furan rings is 1. The number of hydrogen-bond acceptors (Lipinski definition) is 4. The van der Waals surface area contributed by atoms with E-state index in [1.807, 2.05) is 6.07 Å². The Hall–Kier alpha value is -7.69. The minimum Gasteiger partial charge on any atom is -0.456 e. The molecule has 0 atom stereocenters. The average Bonchev–Trinajstić information content (AvgIpc) is 3.78. The Labute approximate surface area is 345 Å². The van der Waals surface area contributed by atoms with Crippen molar-refractivity contribution in [2.75, 3.05) is 0 Å². The van der Waals surface area contributed by atoms with Gasteiger partial charge in [-0.25, -0.2) is 15.0 Å². The Kier molecular flexibility index (Phi) is 6.75. The standard InChI is InChI=1S/C56H35N3O/c1-56(2)47-23-10-9-19-39(47)45-30-46-50(31-48(45)56)60-49-24-12-22-43(52(46)49)55-58-53(57-54(59-55)42-21-11-14-32-13-3-4-15-35(32)42)34-26-25-33-27-28-41-38-18-6-5-16-36(38)37-17-7-8-20-40(37)51(41)44(33)29-34/h3-31H,1-2H3. The van der Waals surface area contributed by atoms with Gasteiger partial charge in [0.2, 0.25) is 0 Å². The first-order valence-electron chi connectivity index (χ1n) is 20.6. The summed E-state index contributed by atoms with van der Waals surface area (Å²) in [6, 6.07) is 63.0. The van der Waals surface area contributed by atoms with E-state index in [0.29, 0.717) is 17.5 Å². The number of hydrogen-bond donors (Lipinski definition) is 0. The molecule has 12 aromatic rings. The molecule has 1 aliphatic rings. The van der Waals surface area contributed by atoms with Crippen LogP contribution >= 0.6 is 0 Å². The fourth-order valence-electron chi connectivity index (χ4n) is 10.2. The molecule has 1 aliphatic carbocycles. The Bertz CT molecular complexity index is 3780. The molecule has 13 rings (SSSR count).